The predicted molar refractivity (Wildman–Crippen MR) is 54.8 cm³/mol. The van der Waals surface area contributed by atoms with Crippen LogP contribution in [0, 0.1) is 0 Å². The van der Waals surface area contributed by atoms with Gasteiger partial charge in [-0.2, -0.15) is 0 Å². The SMILES string of the molecule is CC[NH+](C)c1ccc(OC(C)=O)cc1.[Cl-].[Cl-]. The van der Waals surface area contributed by atoms with Gasteiger partial charge in [0, 0.05) is 19.1 Å². The molecule has 16 heavy (non-hydrogen) atoms. The normalized spacial score (nSPS) is 10.7. The highest BCUT2D eigenvalue weighted by Gasteiger charge is 2.04. The summed E-state index contributed by atoms with van der Waals surface area (Å²) < 4.78 is 4.93. The number of rotatable bonds is 3. The van der Waals surface area contributed by atoms with Gasteiger partial charge in [0.1, 0.15) is 11.4 Å². The molecular formula is C11H16Cl2NO2-. The Bertz CT molecular complexity index is 314. The molecule has 0 saturated carbocycles. The Morgan fingerprint density at radius 3 is 2.12 bits per heavy atom. The van der Waals surface area contributed by atoms with Crippen LogP contribution in [0.4, 0.5) is 5.69 Å². The second-order valence-corrected chi connectivity index (χ2v) is 3.25. The molecule has 0 spiro atoms. The minimum Gasteiger partial charge on any atom is -1.00 e. The molecule has 0 amide bonds. The summed E-state index contributed by atoms with van der Waals surface area (Å²) in [5.41, 5.74) is 1.20. The first-order chi connectivity index (χ1) is 6.63. The maximum Gasteiger partial charge on any atom is 0.308 e. The summed E-state index contributed by atoms with van der Waals surface area (Å²) in [6, 6.07) is 7.57. The van der Waals surface area contributed by atoms with E-state index in [1.165, 1.54) is 17.5 Å². The average molecular weight is 265 g/mol. The molecule has 0 bridgehead atoms. The number of halogens is 2. The summed E-state index contributed by atoms with van der Waals surface area (Å²) in [4.78, 5) is 12.0. The lowest BCUT2D eigenvalue weighted by Crippen LogP contribution is -3.03. The Balaban J connectivity index is 0. The van der Waals surface area contributed by atoms with Gasteiger partial charge in [0.2, 0.25) is 0 Å². The predicted octanol–water partition coefficient (Wildman–Crippen LogP) is -5.21. The van der Waals surface area contributed by atoms with Crippen molar-refractivity contribution >= 4 is 11.7 Å². The molecule has 1 aromatic rings. The lowest BCUT2D eigenvalue weighted by Gasteiger charge is -2.10. The molecule has 1 rings (SSSR count). The molecular weight excluding hydrogens is 249 g/mol. The van der Waals surface area contributed by atoms with Crippen LogP contribution >= 0.6 is 0 Å². The standard InChI is InChI=1S/C11H15NO2.2ClH/c1-4-12(3)10-5-7-11(8-6-10)14-9(2)13;;/h5-8H,4H2,1-3H3;2*1H/p-1. The monoisotopic (exact) mass is 264 g/mol. The van der Waals surface area contributed by atoms with E-state index in [1.54, 1.807) is 0 Å². The van der Waals surface area contributed by atoms with Gasteiger partial charge in [-0.25, -0.2) is 0 Å². The number of hydrogen-bond donors (Lipinski definition) is 1. The van der Waals surface area contributed by atoms with Gasteiger partial charge in [-0.05, 0) is 19.1 Å². The van der Waals surface area contributed by atoms with E-state index in [4.69, 9.17) is 4.74 Å². The molecule has 1 atom stereocenters. The Labute approximate surface area is 109 Å². The minimum atomic E-state index is -0.283. The van der Waals surface area contributed by atoms with Gasteiger partial charge in [-0.1, -0.05) is 0 Å². The van der Waals surface area contributed by atoms with Crippen molar-refractivity contribution in [2.75, 3.05) is 13.6 Å². The summed E-state index contributed by atoms with van der Waals surface area (Å²) in [6.45, 7) is 4.56. The number of carbonyl (C=O) groups excluding carboxylic acids is 1. The maximum atomic E-state index is 10.7. The number of ether oxygens (including phenoxy) is 1. The fourth-order valence-corrected chi connectivity index (χ4v) is 1.18. The van der Waals surface area contributed by atoms with Crippen LogP contribution in [0.5, 0.6) is 5.75 Å². The van der Waals surface area contributed by atoms with Crippen LogP contribution in [-0.4, -0.2) is 19.6 Å². The van der Waals surface area contributed by atoms with Crippen molar-refractivity contribution in [2.45, 2.75) is 13.8 Å². The number of quaternary nitrogens is 1. The van der Waals surface area contributed by atoms with E-state index >= 15 is 0 Å². The van der Waals surface area contributed by atoms with Crippen LogP contribution in [0.15, 0.2) is 24.3 Å². The van der Waals surface area contributed by atoms with Crippen molar-refractivity contribution in [1.29, 1.82) is 0 Å². The number of hydrogen-bond acceptors (Lipinski definition) is 2. The van der Waals surface area contributed by atoms with Crippen LogP contribution in [-0.2, 0) is 4.79 Å². The van der Waals surface area contributed by atoms with E-state index in [0.29, 0.717) is 5.75 Å². The molecule has 1 aromatic carbocycles. The average Bonchev–Trinajstić information content (AvgIpc) is 2.17. The largest absolute Gasteiger partial charge is 1.00 e. The summed E-state index contributed by atoms with van der Waals surface area (Å²) in [7, 11) is 2.10. The molecule has 0 saturated heterocycles. The third-order valence-corrected chi connectivity index (χ3v) is 2.14. The van der Waals surface area contributed by atoms with E-state index in [-0.39, 0.29) is 30.8 Å². The van der Waals surface area contributed by atoms with Crippen LogP contribution in [0.25, 0.3) is 0 Å². The number of carbonyl (C=O) groups is 1. The van der Waals surface area contributed by atoms with Crippen molar-refractivity contribution in [3.8, 4) is 5.75 Å². The number of benzene rings is 1. The smallest absolute Gasteiger partial charge is 0.308 e. The molecule has 1 unspecified atom stereocenters. The van der Waals surface area contributed by atoms with E-state index in [0.717, 1.165) is 6.54 Å². The molecule has 0 aliphatic carbocycles. The van der Waals surface area contributed by atoms with Crippen LogP contribution < -0.4 is 34.5 Å². The Kier molecular flexibility index (Phi) is 9.24. The van der Waals surface area contributed by atoms with E-state index in [2.05, 4.69) is 14.0 Å². The number of esters is 1. The second-order valence-electron chi connectivity index (χ2n) is 3.25. The third kappa shape index (κ3) is 5.35. The molecule has 3 nitrogen and oxygen atoms in total. The van der Waals surface area contributed by atoms with E-state index in [1.807, 2.05) is 24.3 Å². The summed E-state index contributed by atoms with van der Waals surface area (Å²) >= 11 is 0. The Morgan fingerprint density at radius 1 is 1.25 bits per heavy atom. The van der Waals surface area contributed by atoms with Gasteiger partial charge < -0.3 is 34.5 Å². The highest BCUT2D eigenvalue weighted by Crippen LogP contribution is 2.12. The number of nitrogens with one attached hydrogen (secondary N) is 1. The Morgan fingerprint density at radius 2 is 1.75 bits per heavy atom. The molecule has 0 aliphatic heterocycles. The van der Waals surface area contributed by atoms with Gasteiger partial charge in [0.25, 0.3) is 0 Å². The van der Waals surface area contributed by atoms with E-state index < -0.39 is 0 Å². The third-order valence-electron chi connectivity index (χ3n) is 2.14. The van der Waals surface area contributed by atoms with Crippen molar-refractivity contribution in [1.82, 2.24) is 0 Å². The van der Waals surface area contributed by atoms with Crippen molar-refractivity contribution < 1.29 is 39.2 Å². The summed E-state index contributed by atoms with van der Waals surface area (Å²) in [5.74, 6) is 0.319. The van der Waals surface area contributed by atoms with Gasteiger partial charge in [0.15, 0.2) is 0 Å². The molecule has 5 heteroatoms. The minimum absolute atomic E-state index is 0. The summed E-state index contributed by atoms with van der Waals surface area (Å²) in [6.07, 6.45) is 0. The Hall–Kier alpha value is -0.770. The van der Waals surface area contributed by atoms with Crippen LogP contribution in [0.2, 0.25) is 0 Å². The topological polar surface area (TPSA) is 30.7 Å². The zero-order valence-corrected chi connectivity index (χ0v) is 11.1. The highest BCUT2D eigenvalue weighted by molar-refractivity contribution is 5.69. The van der Waals surface area contributed by atoms with Crippen LogP contribution in [0.1, 0.15) is 13.8 Å². The zero-order valence-electron chi connectivity index (χ0n) is 9.59. The first-order valence-electron chi connectivity index (χ1n) is 4.74. The molecule has 0 aromatic heterocycles. The first-order valence-corrected chi connectivity index (χ1v) is 4.74. The molecule has 0 aliphatic rings. The van der Waals surface area contributed by atoms with Crippen molar-refractivity contribution in [2.24, 2.45) is 0 Å². The lowest BCUT2D eigenvalue weighted by molar-refractivity contribution is -0.807. The maximum absolute atomic E-state index is 10.7. The molecule has 1 N–H and O–H groups in total. The molecule has 0 radical (unpaired) electrons. The zero-order chi connectivity index (χ0) is 10.6. The fourth-order valence-electron chi connectivity index (χ4n) is 1.18. The van der Waals surface area contributed by atoms with Crippen LogP contribution in [0.3, 0.4) is 0 Å². The highest BCUT2D eigenvalue weighted by atomic mass is 35.5. The molecule has 0 fully saturated rings. The van der Waals surface area contributed by atoms with Gasteiger partial charge in [-0.3, -0.25) is 4.79 Å². The van der Waals surface area contributed by atoms with Gasteiger partial charge in [-0.15, -0.1) is 0 Å². The fraction of sp³-hybridized carbons (Fsp3) is 0.364. The molecule has 0 heterocycles. The second kappa shape index (κ2) is 8.39. The van der Waals surface area contributed by atoms with Crippen molar-refractivity contribution in [3.05, 3.63) is 24.3 Å². The quantitative estimate of drug-likeness (QED) is 0.437. The van der Waals surface area contributed by atoms with E-state index in [9.17, 15) is 4.79 Å². The summed E-state index contributed by atoms with van der Waals surface area (Å²) in [5, 5.41) is 0. The van der Waals surface area contributed by atoms with Crippen molar-refractivity contribution in [3.63, 3.8) is 0 Å². The lowest BCUT2D eigenvalue weighted by atomic mass is 10.3. The van der Waals surface area contributed by atoms with Gasteiger partial charge >= 0.3 is 5.97 Å². The first kappa shape index (κ1) is 17.6. The van der Waals surface area contributed by atoms with Gasteiger partial charge in [0.05, 0.1) is 13.6 Å². The molecule has 92 valence electrons.